The molecule has 5 rings (SSSR count). The topological polar surface area (TPSA) is 202 Å². The van der Waals surface area contributed by atoms with Gasteiger partial charge in [-0.25, -0.2) is 9.97 Å². The van der Waals surface area contributed by atoms with E-state index >= 15 is 0 Å². The molecule has 0 spiro atoms. The van der Waals surface area contributed by atoms with Gasteiger partial charge in [0.1, 0.15) is 5.69 Å². The number of hydrogen-bond acceptors (Lipinski definition) is 9. The van der Waals surface area contributed by atoms with Gasteiger partial charge in [0.15, 0.2) is 5.69 Å². The van der Waals surface area contributed by atoms with E-state index in [9.17, 15) is 19.2 Å². The lowest BCUT2D eigenvalue weighted by molar-refractivity contribution is 0.0951. The molecule has 5 aromatic rings. The lowest BCUT2D eigenvalue weighted by Crippen LogP contribution is -2.33. The van der Waals surface area contributed by atoms with E-state index in [4.69, 9.17) is 0 Å². The molecule has 174 valence electrons. The van der Waals surface area contributed by atoms with Crippen LogP contribution in [0.3, 0.4) is 0 Å². The lowest BCUT2D eigenvalue weighted by atomic mass is 10.3. The number of anilines is 2. The van der Waals surface area contributed by atoms with E-state index in [1.165, 1.54) is 6.07 Å². The zero-order valence-corrected chi connectivity index (χ0v) is 17.7. The number of aromatic nitrogens is 6. The van der Waals surface area contributed by atoms with Crippen molar-refractivity contribution in [1.82, 2.24) is 41.0 Å². The average molecular weight is 472 g/mol. The number of hydrazine groups is 2. The monoisotopic (exact) mass is 472 g/mol. The molecule has 0 aliphatic carbocycles. The molecule has 0 saturated carbocycles. The highest BCUT2D eigenvalue weighted by molar-refractivity contribution is 5.98. The molecule has 35 heavy (non-hydrogen) atoms. The fourth-order valence-corrected chi connectivity index (χ4v) is 3.15. The summed E-state index contributed by atoms with van der Waals surface area (Å²) in [6, 6.07) is 15.0. The first-order valence-electron chi connectivity index (χ1n) is 10.1. The second-order valence-electron chi connectivity index (χ2n) is 7.19. The van der Waals surface area contributed by atoms with Crippen LogP contribution in [0.2, 0.25) is 0 Å². The van der Waals surface area contributed by atoms with Crippen LogP contribution < -0.4 is 32.8 Å². The molecular weight excluding hydrogens is 456 g/mol. The molecule has 0 saturated heterocycles. The number of carbonyl (C=O) groups excluding carboxylic acids is 2. The predicted molar refractivity (Wildman–Crippen MR) is 125 cm³/mol. The number of para-hydroxylation sites is 4. The molecule has 0 aliphatic rings. The van der Waals surface area contributed by atoms with E-state index in [-0.39, 0.29) is 23.0 Å². The van der Waals surface area contributed by atoms with Crippen LogP contribution in [0.25, 0.3) is 22.1 Å². The summed E-state index contributed by atoms with van der Waals surface area (Å²) >= 11 is 0. The van der Waals surface area contributed by atoms with Crippen molar-refractivity contribution in [3.05, 3.63) is 86.7 Å². The highest BCUT2D eigenvalue weighted by Crippen LogP contribution is 2.09. The minimum Gasteiger partial charge on any atom is -0.317 e. The Bertz CT molecular complexity index is 1580. The first-order valence-corrected chi connectivity index (χ1v) is 10.1. The maximum absolute atomic E-state index is 12.4. The van der Waals surface area contributed by atoms with Gasteiger partial charge in [0.05, 0.1) is 22.1 Å². The second kappa shape index (κ2) is 8.78. The van der Waals surface area contributed by atoms with Gasteiger partial charge in [0.2, 0.25) is 11.6 Å². The number of nitrogens with one attached hydrogen (secondary N) is 7. The fourth-order valence-electron chi connectivity index (χ4n) is 3.15. The first kappa shape index (κ1) is 21.3. The van der Waals surface area contributed by atoms with E-state index in [1.807, 2.05) is 0 Å². The molecule has 0 aliphatic heterocycles. The van der Waals surface area contributed by atoms with Crippen LogP contribution in [-0.4, -0.2) is 41.9 Å². The van der Waals surface area contributed by atoms with E-state index < -0.39 is 22.9 Å². The first-order chi connectivity index (χ1) is 17.0. The van der Waals surface area contributed by atoms with Crippen molar-refractivity contribution < 1.29 is 9.59 Å². The Morgan fingerprint density at radius 1 is 0.714 bits per heavy atom. The van der Waals surface area contributed by atoms with Crippen molar-refractivity contribution in [2.75, 3.05) is 10.9 Å². The summed E-state index contributed by atoms with van der Waals surface area (Å²) in [4.78, 5) is 62.6. The molecule has 0 atom stereocenters. The zero-order chi connectivity index (χ0) is 24.4. The van der Waals surface area contributed by atoms with Gasteiger partial charge in [0.25, 0.3) is 22.9 Å². The normalized spacial score (nSPS) is 10.7. The number of carbonyl (C=O) groups is 2. The van der Waals surface area contributed by atoms with Gasteiger partial charge in [-0.15, -0.1) is 0 Å². The van der Waals surface area contributed by atoms with Gasteiger partial charge in [-0.2, -0.15) is 5.10 Å². The van der Waals surface area contributed by atoms with Crippen LogP contribution in [0.4, 0.5) is 11.6 Å². The van der Waals surface area contributed by atoms with Crippen molar-refractivity contribution in [1.29, 1.82) is 0 Å². The number of hydrogen-bond donors (Lipinski definition) is 7. The maximum Gasteiger partial charge on any atom is 0.292 e. The Labute approximate surface area is 194 Å². The van der Waals surface area contributed by atoms with Crippen molar-refractivity contribution in [3.8, 4) is 0 Å². The Hall–Kier alpha value is -5.53. The van der Waals surface area contributed by atoms with Crippen molar-refractivity contribution in [2.45, 2.75) is 0 Å². The third-order valence-corrected chi connectivity index (χ3v) is 4.84. The van der Waals surface area contributed by atoms with Crippen LogP contribution >= 0.6 is 0 Å². The molecule has 0 radical (unpaired) electrons. The van der Waals surface area contributed by atoms with Crippen LogP contribution in [0.5, 0.6) is 0 Å². The number of benzene rings is 2. The highest BCUT2D eigenvalue weighted by atomic mass is 16.2. The average Bonchev–Trinajstić information content (AvgIpc) is 3.36. The van der Waals surface area contributed by atoms with E-state index in [0.717, 1.165) is 0 Å². The molecule has 0 unspecified atom stereocenters. The standard InChI is InChI=1S/C21H16N10O4/c32-18(30-28-16-20(34)24-12-7-3-1-5-10(12)22-16)14-9-15(27-26-14)19(33)31-29-17-21(35)25-13-8-4-2-6-11(13)23-17/h1-9H,(H,22,28)(H,23,29)(H,24,34)(H,25,35)(H,26,27)(H,30,32)(H,31,33). The summed E-state index contributed by atoms with van der Waals surface area (Å²) in [5.74, 6) is -1.67. The number of H-pyrrole nitrogens is 3. The van der Waals surface area contributed by atoms with Gasteiger partial charge in [-0.1, -0.05) is 24.3 Å². The minimum atomic E-state index is -0.727. The third kappa shape index (κ3) is 4.38. The maximum atomic E-state index is 12.4. The smallest absolute Gasteiger partial charge is 0.292 e. The van der Waals surface area contributed by atoms with Gasteiger partial charge in [-0.3, -0.25) is 46.0 Å². The quantitative estimate of drug-likeness (QED) is 0.171. The molecule has 0 bridgehead atoms. The molecule has 7 N–H and O–H groups in total. The number of aromatic amines is 3. The molecule has 2 amide bonds. The summed E-state index contributed by atoms with van der Waals surface area (Å²) in [6.07, 6.45) is 0. The molecule has 3 aromatic heterocycles. The molecule has 14 nitrogen and oxygen atoms in total. The second-order valence-corrected chi connectivity index (χ2v) is 7.19. The fraction of sp³-hybridized carbons (Fsp3) is 0. The van der Waals surface area contributed by atoms with Crippen molar-refractivity contribution >= 4 is 45.5 Å². The zero-order valence-electron chi connectivity index (χ0n) is 17.7. The summed E-state index contributed by atoms with van der Waals surface area (Å²) in [7, 11) is 0. The van der Waals surface area contributed by atoms with E-state index in [1.54, 1.807) is 48.5 Å². The van der Waals surface area contributed by atoms with Gasteiger partial charge < -0.3 is 9.97 Å². The molecular formula is C21H16N10O4. The van der Waals surface area contributed by atoms with Gasteiger partial charge >= 0.3 is 0 Å². The minimum absolute atomic E-state index is 0.0680. The summed E-state index contributed by atoms with van der Waals surface area (Å²) in [5, 5.41) is 6.20. The van der Waals surface area contributed by atoms with Crippen LogP contribution in [0, 0.1) is 0 Å². The lowest BCUT2D eigenvalue weighted by Gasteiger charge is -2.07. The largest absolute Gasteiger partial charge is 0.317 e. The Morgan fingerprint density at radius 3 is 1.80 bits per heavy atom. The highest BCUT2D eigenvalue weighted by Gasteiger charge is 2.16. The van der Waals surface area contributed by atoms with E-state index in [0.29, 0.717) is 22.1 Å². The Morgan fingerprint density at radius 2 is 1.23 bits per heavy atom. The summed E-state index contributed by atoms with van der Waals surface area (Å²) in [5.41, 5.74) is 10.4. The van der Waals surface area contributed by atoms with Crippen LogP contribution in [0.1, 0.15) is 21.0 Å². The molecule has 3 heterocycles. The molecule has 14 heteroatoms. The SMILES string of the molecule is O=C(NNc1nc2ccccc2[nH]c1=O)c1cc(C(=O)NNc2nc3ccccc3[nH]c2=O)[nH]n1. The van der Waals surface area contributed by atoms with E-state index in [2.05, 4.69) is 51.8 Å². The number of amides is 2. The van der Waals surface area contributed by atoms with Crippen LogP contribution in [0.15, 0.2) is 64.2 Å². The van der Waals surface area contributed by atoms with Gasteiger partial charge in [0, 0.05) is 6.07 Å². The predicted octanol–water partition coefficient (Wildman–Crippen LogP) is 0.396. The molecule has 2 aromatic carbocycles. The number of fused-ring (bicyclic) bond motifs is 2. The van der Waals surface area contributed by atoms with Crippen molar-refractivity contribution in [3.63, 3.8) is 0 Å². The number of rotatable bonds is 6. The molecule has 0 fully saturated rings. The summed E-state index contributed by atoms with van der Waals surface area (Å²) in [6.45, 7) is 0. The Kier molecular flexibility index (Phi) is 5.35. The number of nitrogens with zero attached hydrogens (tertiary/aromatic N) is 3. The summed E-state index contributed by atoms with van der Waals surface area (Å²) < 4.78 is 0. The van der Waals surface area contributed by atoms with Gasteiger partial charge in [-0.05, 0) is 24.3 Å². The van der Waals surface area contributed by atoms with Crippen LogP contribution in [-0.2, 0) is 0 Å². The van der Waals surface area contributed by atoms with Crippen molar-refractivity contribution in [2.24, 2.45) is 0 Å². The third-order valence-electron chi connectivity index (χ3n) is 4.84. The Balaban J connectivity index is 1.22.